The number of allylic oxidation sites excluding steroid dienone is 1. The van der Waals surface area contributed by atoms with Crippen molar-refractivity contribution >= 4 is 21.9 Å². The molecule has 0 unspecified atom stereocenters. The fourth-order valence-corrected chi connectivity index (χ4v) is 3.06. The molecule has 0 bridgehead atoms. The summed E-state index contributed by atoms with van der Waals surface area (Å²) in [5.74, 6) is -0.972. The standard InChI is InChI=1S/C11H10O4S/c1-7-4-9-3-2-8(6-11(12)13)5-10(9)16(7,14)15/h2-5H,6H2,1H3,(H,12,13). The van der Waals surface area contributed by atoms with E-state index in [2.05, 4.69) is 0 Å². The van der Waals surface area contributed by atoms with Crippen molar-refractivity contribution < 1.29 is 18.3 Å². The molecule has 1 aromatic carbocycles. The maximum absolute atomic E-state index is 11.8. The molecule has 0 saturated carbocycles. The van der Waals surface area contributed by atoms with Gasteiger partial charge in [0.1, 0.15) is 0 Å². The van der Waals surface area contributed by atoms with E-state index < -0.39 is 15.8 Å². The van der Waals surface area contributed by atoms with Crippen LogP contribution in [0, 0.1) is 0 Å². The first-order valence-corrected chi connectivity index (χ1v) is 6.17. The van der Waals surface area contributed by atoms with Crippen LogP contribution >= 0.6 is 0 Å². The minimum Gasteiger partial charge on any atom is -0.481 e. The summed E-state index contributed by atoms with van der Waals surface area (Å²) in [4.78, 5) is 11.0. The van der Waals surface area contributed by atoms with Gasteiger partial charge in [-0.15, -0.1) is 0 Å². The second-order valence-corrected chi connectivity index (χ2v) is 5.79. The van der Waals surface area contributed by atoms with Crippen molar-refractivity contribution in [1.82, 2.24) is 0 Å². The number of benzene rings is 1. The Morgan fingerprint density at radius 2 is 2.06 bits per heavy atom. The Labute approximate surface area is 93.1 Å². The summed E-state index contributed by atoms with van der Waals surface area (Å²) in [6.07, 6.45) is 1.43. The molecule has 1 aliphatic rings. The van der Waals surface area contributed by atoms with Crippen LogP contribution in [-0.4, -0.2) is 19.5 Å². The predicted molar refractivity (Wildman–Crippen MR) is 58.6 cm³/mol. The van der Waals surface area contributed by atoms with E-state index in [1.807, 2.05) is 0 Å². The zero-order chi connectivity index (χ0) is 11.9. The molecule has 16 heavy (non-hydrogen) atoms. The normalized spacial score (nSPS) is 16.7. The maximum atomic E-state index is 11.8. The van der Waals surface area contributed by atoms with Gasteiger partial charge in [0.25, 0.3) is 0 Å². The lowest BCUT2D eigenvalue weighted by Gasteiger charge is -2.02. The third kappa shape index (κ3) is 1.63. The van der Waals surface area contributed by atoms with Crippen molar-refractivity contribution in [3.05, 3.63) is 34.2 Å². The summed E-state index contributed by atoms with van der Waals surface area (Å²) < 4.78 is 23.6. The lowest BCUT2D eigenvalue weighted by atomic mass is 10.1. The van der Waals surface area contributed by atoms with Gasteiger partial charge < -0.3 is 5.11 Å². The third-order valence-electron chi connectivity index (χ3n) is 2.51. The van der Waals surface area contributed by atoms with Crippen LogP contribution in [0.2, 0.25) is 0 Å². The van der Waals surface area contributed by atoms with Crippen molar-refractivity contribution in [1.29, 1.82) is 0 Å². The summed E-state index contributed by atoms with van der Waals surface area (Å²) in [5, 5.41) is 8.64. The second-order valence-electron chi connectivity index (χ2n) is 3.70. The Hall–Kier alpha value is -1.62. The topological polar surface area (TPSA) is 71.4 Å². The maximum Gasteiger partial charge on any atom is 0.307 e. The molecule has 1 aliphatic heterocycles. The highest BCUT2D eigenvalue weighted by molar-refractivity contribution is 7.95. The lowest BCUT2D eigenvalue weighted by Crippen LogP contribution is -2.03. The summed E-state index contributed by atoms with van der Waals surface area (Å²) in [6.45, 7) is 1.53. The molecule has 1 heterocycles. The zero-order valence-electron chi connectivity index (χ0n) is 8.60. The van der Waals surface area contributed by atoms with E-state index in [0.29, 0.717) is 16.0 Å². The first-order valence-electron chi connectivity index (χ1n) is 4.69. The van der Waals surface area contributed by atoms with Gasteiger partial charge in [0.05, 0.1) is 11.3 Å². The largest absolute Gasteiger partial charge is 0.481 e. The van der Waals surface area contributed by atoms with Crippen LogP contribution in [0.25, 0.3) is 6.08 Å². The fourth-order valence-electron chi connectivity index (χ4n) is 1.69. The monoisotopic (exact) mass is 238 g/mol. The Morgan fingerprint density at radius 1 is 1.38 bits per heavy atom. The van der Waals surface area contributed by atoms with Gasteiger partial charge in [-0.3, -0.25) is 4.79 Å². The molecule has 0 atom stereocenters. The minimum atomic E-state index is -3.37. The smallest absolute Gasteiger partial charge is 0.307 e. The number of sulfone groups is 1. The quantitative estimate of drug-likeness (QED) is 0.846. The molecule has 5 heteroatoms. The van der Waals surface area contributed by atoms with Crippen molar-refractivity contribution in [2.75, 3.05) is 0 Å². The Balaban J connectivity index is 2.53. The summed E-state index contributed by atoms with van der Waals surface area (Å²) >= 11 is 0. The highest BCUT2D eigenvalue weighted by atomic mass is 32.2. The van der Waals surface area contributed by atoms with Crippen LogP contribution in [0.4, 0.5) is 0 Å². The van der Waals surface area contributed by atoms with Crippen molar-refractivity contribution in [2.45, 2.75) is 18.2 Å². The van der Waals surface area contributed by atoms with E-state index in [0.717, 1.165) is 0 Å². The van der Waals surface area contributed by atoms with E-state index in [1.54, 1.807) is 18.2 Å². The van der Waals surface area contributed by atoms with Crippen LogP contribution in [-0.2, 0) is 21.1 Å². The zero-order valence-corrected chi connectivity index (χ0v) is 9.41. The number of hydrogen-bond acceptors (Lipinski definition) is 3. The minimum absolute atomic E-state index is 0.165. The van der Waals surface area contributed by atoms with Crippen LogP contribution in [0.15, 0.2) is 28.0 Å². The number of carboxylic acid groups (broad SMARTS) is 1. The van der Waals surface area contributed by atoms with Gasteiger partial charge in [-0.05, 0) is 30.2 Å². The fraction of sp³-hybridized carbons (Fsp3) is 0.182. The number of hydrogen-bond donors (Lipinski definition) is 1. The Kier molecular flexibility index (Phi) is 2.35. The number of carbonyl (C=O) groups is 1. The van der Waals surface area contributed by atoms with Gasteiger partial charge in [0, 0.05) is 4.91 Å². The van der Waals surface area contributed by atoms with Crippen molar-refractivity contribution in [2.24, 2.45) is 0 Å². The van der Waals surface area contributed by atoms with Crippen LogP contribution in [0.1, 0.15) is 18.1 Å². The Bertz CT molecular complexity index is 596. The van der Waals surface area contributed by atoms with E-state index >= 15 is 0 Å². The SMILES string of the molecule is CC1=Cc2ccc(CC(=O)O)cc2S1(=O)=O. The molecule has 0 aromatic heterocycles. The molecule has 2 rings (SSSR count). The Morgan fingerprint density at radius 3 is 2.69 bits per heavy atom. The van der Waals surface area contributed by atoms with E-state index in [4.69, 9.17) is 5.11 Å². The average Bonchev–Trinajstić information content (AvgIpc) is 2.39. The van der Waals surface area contributed by atoms with Crippen molar-refractivity contribution in [3.63, 3.8) is 0 Å². The van der Waals surface area contributed by atoms with Gasteiger partial charge in [-0.1, -0.05) is 12.1 Å². The van der Waals surface area contributed by atoms with Gasteiger partial charge in [-0.25, -0.2) is 8.42 Å². The molecule has 0 saturated heterocycles. The average molecular weight is 238 g/mol. The van der Waals surface area contributed by atoms with Gasteiger partial charge in [0.15, 0.2) is 0 Å². The van der Waals surface area contributed by atoms with Gasteiger partial charge >= 0.3 is 5.97 Å². The molecule has 0 amide bonds. The van der Waals surface area contributed by atoms with Crippen LogP contribution < -0.4 is 0 Å². The molecule has 0 spiro atoms. The van der Waals surface area contributed by atoms with Gasteiger partial charge in [-0.2, -0.15) is 0 Å². The highest BCUT2D eigenvalue weighted by Crippen LogP contribution is 2.32. The number of rotatable bonds is 2. The van der Waals surface area contributed by atoms with Crippen molar-refractivity contribution in [3.8, 4) is 0 Å². The molecular formula is C11H10O4S. The second kappa shape index (κ2) is 3.45. The molecule has 1 N–H and O–H groups in total. The molecular weight excluding hydrogens is 228 g/mol. The van der Waals surface area contributed by atoms with Crippen LogP contribution in [0.3, 0.4) is 0 Å². The molecule has 1 aromatic rings. The third-order valence-corrected chi connectivity index (χ3v) is 4.40. The summed E-state index contributed by atoms with van der Waals surface area (Å²) in [7, 11) is -3.37. The first-order chi connectivity index (χ1) is 7.41. The van der Waals surface area contributed by atoms with E-state index in [9.17, 15) is 13.2 Å². The molecule has 0 radical (unpaired) electrons. The predicted octanol–water partition coefficient (Wildman–Crippen LogP) is 1.46. The molecule has 4 nitrogen and oxygen atoms in total. The molecule has 0 fully saturated rings. The highest BCUT2D eigenvalue weighted by Gasteiger charge is 2.26. The van der Waals surface area contributed by atoms with E-state index in [-0.39, 0.29) is 11.3 Å². The van der Waals surface area contributed by atoms with Crippen LogP contribution in [0.5, 0.6) is 0 Å². The summed E-state index contributed by atoms with van der Waals surface area (Å²) in [5.41, 5.74) is 1.13. The van der Waals surface area contributed by atoms with E-state index in [1.165, 1.54) is 13.0 Å². The summed E-state index contributed by atoms with van der Waals surface area (Å²) in [6, 6.07) is 4.71. The molecule has 84 valence electrons. The lowest BCUT2D eigenvalue weighted by molar-refractivity contribution is -0.136. The first kappa shape index (κ1) is 10.9. The molecule has 0 aliphatic carbocycles. The number of aliphatic carboxylic acids is 1. The van der Waals surface area contributed by atoms with Gasteiger partial charge in [0.2, 0.25) is 9.84 Å². The number of carboxylic acids is 1. The number of fused-ring (bicyclic) bond motifs is 1.